The highest BCUT2D eigenvalue weighted by Gasteiger charge is 2.47. The SMILES string of the molecule is CC(C)(C)OC(=O)C1(OC(=O)[C@@H]2CCCN2)CCCCC1. The van der Waals surface area contributed by atoms with Crippen molar-refractivity contribution in [2.75, 3.05) is 6.54 Å². The van der Waals surface area contributed by atoms with Gasteiger partial charge in [-0.3, -0.25) is 4.79 Å². The summed E-state index contributed by atoms with van der Waals surface area (Å²) in [5.41, 5.74) is -1.65. The predicted molar refractivity (Wildman–Crippen MR) is 78.8 cm³/mol. The molecule has 1 heterocycles. The average Bonchev–Trinajstić information content (AvgIpc) is 2.91. The maximum Gasteiger partial charge on any atom is 0.351 e. The fraction of sp³-hybridized carbons (Fsp3) is 0.875. The third-order valence-corrected chi connectivity index (χ3v) is 4.07. The number of ether oxygens (including phenoxy) is 2. The van der Waals surface area contributed by atoms with Gasteiger partial charge in [-0.05, 0) is 65.8 Å². The van der Waals surface area contributed by atoms with Gasteiger partial charge in [-0.15, -0.1) is 0 Å². The van der Waals surface area contributed by atoms with Crippen molar-refractivity contribution in [1.29, 1.82) is 0 Å². The van der Waals surface area contributed by atoms with Gasteiger partial charge in [0.25, 0.3) is 0 Å². The predicted octanol–water partition coefficient (Wildman–Crippen LogP) is 2.33. The summed E-state index contributed by atoms with van der Waals surface area (Å²) in [5.74, 6) is -0.693. The Hall–Kier alpha value is -1.10. The van der Waals surface area contributed by atoms with E-state index in [9.17, 15) is 9.59 Å². The zero-order valence-electron chi connectivity index (χ0n) is 13.4. The van der Waals surface area contributed by atoms with E-state index in [1.165, 1.54) is 0 Å². The normalized spacial score (nSPS) is 25.4. The number of esters is 2. The van der Waals surface area contributed by atoms with E-state index in [1.807, 2.05) is 20.8 Å². The van der Waals surface area contributed by atoms with Crippen LogP contribution in [0, 0.1) is 0 Å². The molecule has 120 valence electrons. The van der Waals surface area contributed by atoms with Crippen LogP contribution in [0.3, 0.4) is 0 Å². The molecule has 0 amide bonds. The molecule has 2 fully saturated rings. The summed E-state index contributed by atoms with van der Waals surface area (Å²) in [6, 6.07) is -0.272. The minimum atomic E-state index is -1.08. The standard InChI is InChI=1S/C16H27NO4/c1-15(2,3)21-14(19)16(9-5-4-6-10-16)20-13(18)12-8-7-11-17-12/h12,17H,4-11H2,1-3H3/t12-/m0/s1. The van der Waals surface area contributed by atoms with Gasteiger partial charge in [0.1, 0.15) is 11.6 Å². The molecule has 1 saturated heterocycles. The zero-order chi connectivity index (χ0) is 15.5. The lowest BCUT2D eigenvalue weighted by Crippen LogP contribution is -2.50. The van der Waals surface area contributed by atoms with Crippen LogP contribution < -0.4 is 5.32 Å². The Labute approximate surface area is 126 Å². The van der Waals surface area contributed by atoms with Gasteiger partial charge in [-0.1, -0.05) is 6.42 Å². The van der Waals surface area contributed by atoms with Gasteiger partial charge >= 0.3 is 11.9 Å². The topological polar surface area (TPSA) is 64.6 Å². The van der Waals surface area contributed by atoms with E-state index in [1.54, 1.807) is 0 Å². The van der Waals surface area contributed by atoms with Crippen LogP contribution in [-0.4, -0.2) is 35.7 Å². The lowest BCUT2D eigenvalue weighted by molar-refractivity contribution is -0.195. The van der Waals surface area contributed by atoms with Gasteiger partial charge < -0.3 is 14.8 Å². The summed E-state index contributed by atoms with van der Waals surface area (Å²) in [4.78, 5) is 24.9. The van der Waals surface area contributed by atoms with E-state index < -0.39 is 11.2 Å². The molecule has 0 spiro atoms. The first-order valence-electron chi connectivity index (χ1n) is 8.02. The maximum atomic E-state index is 12.6. The van der Waals surface area contributed by atoms with E-state index in [0.717, 1.165) is 38.6 Å². The van der Waals surface area contributed by atoms with Crippen LogP contribution in [-0.2, 0) is 19.1 Å². The maximum absolute atomic E-state index is 12.6. The van der Waals surface area contributed by atoms with Crippen LogP contribution in [0.4, 0.5) is 0 Å². The number of carbonyl (C=O) groups excluding carboxylic acids is 2. The zero-order valence-corrected chi connectivity index (χ0v) is 13.4. The first-order valence-corrected chi connectivity index (χ1v) is 8.02. The molecular weight excluding hydrogens is 270 g/mol. The molecule has 1 saturated carbocycles. The van der Waals surface area contributed by atoms with Crippen molar-refractivity contribution in [1.82, 2.24) is 5.32 Å². The number of nitrogens with one attached hydrogen (secondary N) is 1. The second kappa shape index (κ2) is 6.34. The molecule has 2 rings (SSSR count). The highest BCUT2D eigenvalue weighted by atomic mass is 16.6. The highest BCUT2D eigenvalue weighted by molar-refractivity contribution is 5.85. The van der Waals surface area contributed by atoms with Crippen LogP contribution in [0.1, 0.15) is 65.7 Å². The van der Waals surface area contributed by atoms with Gasteiger partial charge in [0, 0.05) is 0 Å². The third kappa shape index (κ3) is 4.19. The quantitative estimate of drug-likeness (QED) is 0.810. The lowest BCUT2D eigenvalue weighted by atomic mass is 9.84. The first-order chi connectivity index (χ1) is 9.82. The number of hydrogen-bond acceptors (Lipinski definition) is 5. The van der Waals surface area contributed by atoms with E-state index >= 15 is 0 Å². The molecule has 0 unspecified atom stereocenters. The van der Waals surface area contributed by atoms with Gasteiger partial charge in [-0.25, -0.2) is 4.79 Å². The van der Waals surface area contributed by atoms with Crippen molar-refractivity contribution in [3.63, 3.8) is 0 Å². The molecule has 0 aromatic carbocycles. The Kier molecular flexibility index (Phi) is 4.91. The summed E-state index contributed by atoms with van der Waals surface area (Å²) >= 11 is 0. The molecule has 0 aromatic heterocycles. The van der Waals surface area contributed by atoms with Crippen LogP contribution in [0.15, 0.2) is 0 Å². The molecule has 0 bridgehead atoms. The van der Waals surface area contributed by atoms with Crippen molar-refractivity contribution in [2.45, 2.75) is 83.0 Å². The summed E-state index contributed by atoms with van der Waals surface area (Å²) in [7, 11) is 0. The minimum Gasteiger partial charge on any atom is -0.457 e. The van der Waals surface area contributed by atoms with Crippen molar-refractivity contribution >= 4 is 11.9 Å². The Morgan fingerprint density at radius 2 is 1.76 bits per heavy atom. The van der Waals surface area contributed by atoms with Crippen LogP contribution in [0.5, 0.6) is 0 Å². The highest BCUT2D eigenvalue weighted by Crippen LogP contribution is 2.34. The smallest absolute Gasteiger partial charge is 0.351 e. The largest absolute Gasteiger partial charge is 0.457 e. The average molecular weight is 297 g/mol. The van der Waals surface area contributed by atoms with E-state index in [4.69, 9.17) is 9.47 Å². The van der Waals surface area contributed by atoms with Gasteiger partial charge in [0.05, 0.1) is 0 Å². The molecule has 0 aromatic rings. The van der Waals surface area contributed by atoms with Crippen molar-refractivity contribution in [3.8, 4) is 0 Å². The lowest BCUT2D eigenvalue weighted by Gasteiger charge is -2.37. The minimum absolute atomic E-state index is 0.272. The Morgan fingerprint density at radius 1 is 1.10 bits per heavy atom. The molecule has 1 N–H and O–H groups in total. The second-order valence-electron chi connectivity index (χ2n) is 7.13. The number of rotatable bonds is 3. The van der Waals surface area contributed by atoms with Crippen molar-refractivity contribution in [2.24, 2.45) is 0 Å². The number of carbonyl (C=O) groups is 2. The molecule has 1 aliphatic heterocycles. The van der Waals surface area contributed by atoms with Crippen LogP contribution in [0.25, 0.3) is 0 Å². The van der Waals surface area contributed by atoms with Crippen molar-refractivity contribution < 1.29 is 19.1 Å². The summed E-state index contributed by atoms with van der Waals surface area (Å²) < 4.78 is 11.2. The Bertz CT molecular complexity index is 388. The number of hydrogen-bond donors (Lipinski definition) is 1. The van der Waals surface area contributed by atoms with E-state index in [2.05, 4.69) is 5.32 Å². The Balaban J connectivity index is 2.08. The summed E-state index contributed by atoms with van der Waals surface area (Å²) in [6.45, 7) is 6.34. The van der Waals surface area contributed by atoms with Crippen molar-refractivity contribution in [3.05, 3.63) is 0 Å². The van der Waals surface area contributed by atoms with E-state index in [-0.39, 0.29) is 18.0 Å². The first kappa shape index (κ1) is 16.3. The Morgan fingerprint density at radius 3 is 2.29 bits per heavy atom. The van der Waals surface area contributed by atoms with Crippen LogP contribution in [0.2, 0.25) is 0 Å². The van der Waals surface area contributed by atoms with Gasteiger partial charge in [0.15, 0.2) is 0 Å². The van der Waals surface area contributed by atoms with E-state index in [0.29, 0.717) is 12.8 Å². The molecule has 2 aliphatic rings. The monoisotopic (exact) mass is 297 g/mol. The molecule has 5 nitrogen and oxygen atoms in total. The summed E-state index contributed by atoms with van der Waals surface area (Å²) in [6.07, 6.45) is 5.75. The molecule has 1 atom stereocenters. The molecular formula is C16H27NO4. The van der Waals surface area contributed by atoms with Crippen LogP contribution >= 0.6 is 0 Å². The molecule has 5 heteroatoms. The second-order valence-corrected chi connectivity index (χ2v) is 7.13. The fourth-order valence-corrected chi connectivity index (χ4v) is 2.99. The molecule has 1 aliphatic carbocycles. The molecule has 0 radical (unpaired) electrons. The third-order valence-electron chi connectivity index (χ3n) is 4.07. The fourth-order valence-electron chi connectivity index (χ4n) is 2.99. The van der Waals surface area contributed by atoms with Gasteiger partial charge in [-0.2, -0.15) is 0 Å². The molecule has 21 heavy (non-hydrogen) atoms. The summed E-state index contributed by atoms with van der Waals surface area (Å²) in [5, 5.41) is 3.12. The van der Waals surface area contributed by atoms with Gasteiger partial charge in [0.2, 0.25) is 5.60 Å².